The maximum atomic E-state index is 13.5. The topological polar surface area (TPSA) is 44.0 Å². The predicted octanol–water partition coefficient (Wildman–Crippen LogP) is 2.37. The molecule has 1 aromatic carbocycles. The molecule has 0 aliphatic carbocycles. The van der Waals surface area contributed by atoms with Gasteiger partial charge in [0.05, 0.1) is 11.0 Å². The maximum Gasteiger partial charge on any atom is 0.331 e. The molecule has 0 N–H and O–H groups in total. The third-order valence-corrected chi connectivity index (χ3v) is 3.85. The van der Waals surface area contributed by atoms with E-state index in [4.69, 9.17) is 0 Å². The van der Waals surface area contributed by atoms with E-state index in [0.29, 0.717) is 12.1 Å². The third kappa shape index (κ3) is 2.90. The van der Waals surface area contributed by atoms with Gasteiger partial charge in [-0.3, -0.25) is 9.36 Å². The fourth-order valence-corrected chi connectivity index (χ4v) is 2.34. The second-order valence-electron chi connectivity index (χ2n) is 4.43. The first-order valence-corrected chi connectivity index (χ1v) is 7.07. The molecule has 6 heteroatoms. The SMILES string of the molecule is CCCn1ccc(=O)n(Cc2cccc(F)c2Br)c1=O. The Labute approximate surface area is 123 Å². The largest absolute Gasteiger partial charge is 0.331 e. The van der Waals surface area contributed by atoms with Crippen molar-refractivity contribution >= 4 is 15.9 Å². The van der Waals surface area contributed by atoms with E-state index < -0.39 is 11.4 Å². The summed E-state index contributed by atoms with van der Waals surface area (Å²) in [6, 6.07) is 5.89. The lowest BCUT2D eigenvalue weighted by Gasteiger charge is -2.10. The van der Waals surface area contributed by atoms with Crippen LogP contribution in [0.3, 0.4) is 0 Å². The number of hydrogen-bond donors (Lipinski definition) is 0. The summed E-state index contributed by atoms with van der Waals surface area (Å²) >= 11 is 3.14. The summed E-state index contributed by atoms with van der Waals surface area (Å²) < 4.78 is 16.3. The van der Waals surface area contributed by atoms with Crippen LogP contribution in [0.15, 0.2) is 44.5 Å². The number of benzene rings is 1. The number of halogens is 2. The molecule has 0 unspecified atom stereocenters. The zero-order valence-electron chi connectivity index (χ0n) is 11.0. The monoisotopic (exact) mass is 340 g/mol. The molecule has 1 heterocycles. The van der Waals surface area contributed by atoms with Gasteiger partial charge >= 0.3 is 5.69 Å². The highest BCUT2D eigenvalue weighted by molar-refractivity contribution is 9.10. The van der Waals surface area contributed by atoms with Gasteiger partial charge in [-0.15, -0.1) is 0 Å². The van der Waals surface area contributed by atoms with Crippen LogP contribution in [-0.4, -0.2) is 9.13 Å². The standard InChI is InChI=1S/C14H14BrFN2O2/c1-2-7-17-8-6-12(19)18(14(17)20)9-10-4-3-5-11(16)13(10)15/h3-6,8H,2,7,9H2,1H3. The fraction of sp³-hybridized carbons (Fsp3) is 0.286. The first-order valence-electron chi connectivity index (χ1n) is 6.27. The average molecular weight is 341 g/mol. The zero-order chi connectivity index (χ0) is 14.7. The number of nitrogens with zero attached hydrogens (tertiary/aromatic N) is 2. The molecule has 1 aromatic heterocycles. The van der Waals surface area contributed by atoms with Crippen LogP contribution in [0.5, 0.6) is 0 Å². The van der Waals surface area contributed by atoms with E-state index in [1.165, 1.54) is 22.9 Å². The lowest BCUT2D eigenvalue weighted by Crippen LogP contribution is -2.39. The molecular weight excluding hydrogens is 327 g/mol. The van der Waals surface area contributed by atoms with Crippen LogP contribution >= 0.6 is 15.9 Å². The van der Waals surface area contributed by atoms with Gasteiger partial charge in [0, 0.05) is 18.8 Å². The van der Waals surface area contributed by atoms with E-state index in [2.05, 4.69) is 15.9 Å². The highest BCUT2D eigenvalue weighted by atomic mass is 79.9. The van der Waals surface area contributed by atoms with Gasteiger partial charge in [0.2, 0.25) is 0 Å². The van der Waals surface area contributed by atoms with Crippen LogP contribution in [0.25, 0.3) is 0 Å². The van der Waals surface area contributed by atoms with E-state index in [0.717, 1.165) is 11.0 Å². The highest BCUT2D eigenvalue weighted by Gasteiger charge is 2.10. The second kappa shape index (κ2) is 6.17. The molecule has 0 bridgehead atoms. The summed E-state index contributed by atoms with van der Waals surface area (Å²) in [5.41, 5.74) is -0.215. The number of aromatic nitrogens is 2. The molecule has 4 nitrogen and oxygen atoms in total. The second-order valence-corrected chi connectivity index (χ2v) is 5.22. The van der Waals surface area contributed by atoms with Crippen molar-refractivity contribution in [3.05, 3.63) is 67.2 Å². The van der Waals surface area contributed by atoms with Crippen molar-refractivity contribution in [2.45, 2.75) is 26.4 Å². The van der Waals surface area contributed by atoms with E-state index in [1.807, 2.05) is 6.92 Å². The molecule has 2 rings (SSSR count). The van der Waals surface area contributed by atoms with Gasteiger partial charge in [0.25, 0.3) is 5.56 Å². The summed E-state index contributed by atoms with van der Waals surface area (Å²) in [5.74, 6) is -0.416. The van der Waals surface area contributed by atoms with Crippen molar-refractivity contribution in [1.29, 1.82) is 0 Å². The predicted molar refractivity (Wildman–Crippen MR) is 78.5 cm³/mol. The molecular formula is C14H14BrFN2O2. The summed E-state index contributed by atoms with van der Waals surface area (Å²) in [6.07, 6.45) is 2.28. The zero-order valence-corrected chi connectivity index (χ0v) is 12.6. The van der Waals surface area contributed by atoms with Crippen molar-refractivity contribution in [2.24, 2.45) is 0 Å². The Bertz CT molecular complexity index is 737. The van der Waals surface area contributed by atoms with Gasteiger partial charge < -0.3 is 4.57 Å². The minimum atomic E-state index is -0.416. The first-order chi connectivity index (χ1) is 9.54. The van der Waals surface area contributed by atoms with Gasteiger partial charge in [-0.1, -0.05) is 19.1 Å². The van der Waals surface area contributed by atoms with Crippen LogP contribution in [0, 0.1) is 5.82 Å². The number of aryl methyl sites for hydroxylation is 1. The molecule has 0 atom stereocenters. The van der Waals surface area contributed by atoms with Crippen molar-refractivity contribution in [3.8, 4) is 0 Å². The Kier molecular flexibility index (Phi) is 4.54. The van der Waals surface area contributed by atoms with Crippen LogP contribution in [0.4, 0.5) is 4.39 Å². The normalized spacial score (nSPS) is 10.8. The van der Waals surface area contributed by atoms with Crippen molar-refractivity contribution in [1.82, 2.24) is 9.13 Å². The van der Waals surface area contributed by atoms with Crippen molar-refractivity contribution < 1.29 is 4.39 Å². The van der Waals surface area contributed by atoms with Crippen molar-refractivity contribution in [3.63, 3.8) is 0 Å². The van der Waals surface area contributed by atoms with Gasteiger partial charge in [0.15, 0.2) is 0 Å². The molecule has 0 fully saturated rings. The summed E-state index contributed by atoms with van der Waals surface area (Å²) in [6.45, 7) is 2.54. The molecule has 0 aliphatic rings. The third-order valence-electron chi connectivity index (χ3n) is 2.96. The molecule has 0 aliphatic heterocycles. The van der Waals surface area contributed by atoms with Gasteiger partial charge in [0.1, 0.15) is 5.82 Å². The Morgan fingerprint density at radius 2 is 2.00 bits per heavy atom. The molecule has 2 aromatic rings. The Balaban J connectivity index is 2.48. The van der Waals surface area contributed by atoms with Gasteiger partial charge in [-0.2, -0.15) is 0 Å². The minimum Gasteiger partial charge on any atom is -0.300 e. The number of rotatable bonds is 4. The quantitative estimate of drug-likeness (QED) is 0.857. The van der Waals surface area contributed by atoms with E-state index in [-0.39, 0.29) is 16.7 Å². The molecule has 0 saturated carbocycles. The summed E-state index contributed by atoms with van der Waals surface area (Å²) in [7, 11) is 0. The average Bonchev–Trinajstić information content (AvgIpc) is 2.42. The summed E-state index contributed by atoms with van der Waals surface area (Å²) in [5, 5.41) is 0. The van der Waals surface area contributed by atoms with E-state index in [9.17, 15) is 14.0 Å². The molecule has 20 heavy (non-hydrogen) atoms. The maximum absolute atomic E-state index is 13.5. The van der Waals surface area contributed by atoms with Crippen molar-refractivity contribution in [2.75, 3.05) is 0 Å². The number of hydrogen-bond acceptors (Lipinski definition) is 2. The molecule has 0 spiro atoms. The smallest absolute Gasteiger partial charge is 0.300 e. The first kappa shape index (κ1) is 14.7. The van der Waals surface area contributed by atoms with Crippen LogP contribution in [-0.2, 0) is 13.1 Å². The Morgan fingerprint density at radius 1 is 1.25 bits per heavy atom. The highest BCUT2D eigenvalue weighted by Crippen LogP contribution is 2.20. The van der Waals surface area contributed by atoms with Crippen LogP contribution in [0.2, 0.25) is 0 Å². The fourth-order valence-electron chi connectivity index (χ4n) is 1.95. The minimum absolute atomic E-state index is 0.0422. The Hall–Kier alpha value is -1.69. The van der Waals surface area contributed by atoms with Crippen LogP contribution in [0.1, 0.15) is 18.9 Å². The van der Waals surface area contributed by atoms with Gasteiger partial charge in [-0.25, -0.2) is 9.18 Å². The van der Waals surface area contributed by atoms with E-state index >= 15 is 0 Å². The molecule has 0 saturated heterocycles. The lowest BCUT2D eigenvalue weighted by molar-refractivity contribution is 0.566. The molecule has 106 valence electrons. The summed E-state index contributed by atoms with van der Waals surface area (Å²) in [4.78, 5) is 24.0. The van der Waals surface area contributed by atoms with Gasteiger partial charge in [-0.05, 0) is 34.0 Å². The molecule has 0 radical (unpaired) electrons. The van der Waals surface area contributed by atoms with Crippen LogP contribution < -0.4 is 11.2 Å². The Morgan fingerprint density at radius 3 is 2.70 bits per heavy atom. The molecule has 0 amide bonds. The van der Waals surface area contributed by atoms with E-state index in [1.54, 1.807) is 12.1 Å². The lowest BCUT2D eigenvalue weighted by atomic mass is 10.2.